The number of carbonyl (C=O) groups is 3. The number of imidazole rings is 1. The second-order valence-electron chi connectivity index (χ2n) is 11.1. The van der Waals surface area contributed by atoms with E-state index >= 15 is 0 Å². The van der Waals surface area contributed by atoms with E-state index in [4.69, 9.17) is 4.98 Å². The molecule has 40 heavy (non-hydrogen) atoms. The van der Waals surface area contributed by atoms with E-state index in [0.717, 1.165) is 49.4 Å². The molecule has 3 amide bonds. The minimum Gasteiger partial charge on any atom is -0.322 e. The van der Waals surface area contributed by atoms with E-state index in [-0.39, 0.29) is 24.1 Å². The van der Waals surface area contributed by atoms with Crippen LogP contribution in [0.3, 0.4) is 0 Å². The Labute approximate surface area is 232 Å². The topological polar surface area (TPSA) is 87.0 Å². The fourth-order valence-corrected chi connectivity index (χ4v) is 6.42. The number of imide groups is 1. The molecule has 2 aromatic heterocycles. The second kappa shape index (κ2) is 10.0. The molecule has 202 valence electrons. The molecule has 7 rings (SSSR count). The molecular formula is C32H31N5O3. The van der Waals surface area contributed by atoms with Gasteiger partial charge in [-0.05, 0) is 78.7 Å². The Hall–Kier alpha value is -4.30. The van der Waals surface area contributed by atoms with Crippen LogP contribution in [0.5, 0.6) is 0 Å². The molecule has 2 fully saturated rings. The van der Waals surface area contributed by atoms with E-state index in [1.54, 1.807) is 4.90 Å². The van der Waals surface area contributed by atoms with Gasteiger partial charge in [0, 0.05) is 37.5 Å². The van der Waals surface area contributed by atoms with Crippen LogP contribution in [0.4, 0.5) is 0 Å². The molecule has 0 aliphatic carbocycles. The lowest BCUT2D eigenvalue weighted by atomic mass is 9.88. The molecule has 1 unspecified atom stereocenters. The Morgan fingerprint density at radius 2 is 1.70 bits per heavy atom. The Kier molecular flexibility index (Phi) is 6.20. The molecular weight excluding hydrogens is 502 g/mol. The summed E-state index contributed by atoms with van der Waals surface area (Å²) < 4.78 is 2.12. The maximum atomic E-state index is 13.0. The smallest absolute Gasteiger partial charge is 0.255 e. The highest BCUT2D eigenvalue weighted by molar-refractivity contribution is 6.05. The summed E-state index contributed by atoms with van der Waals surface area (Å²) in [6, 6.07) is 20.2. The highest BCUT2D eigenvalue weighted by Gasteiger charge is 2.39. The van der Waals surface area contributed by atoms with E-state index in [0.29, 0.717) is 24.4 Å². The highest BCUT2D eigenvalue weighted by Crippen LogP contribution is 2.34. The number of hydrogen-bond acceptors (Lipinski definition) is 5. The number of nitrogens with one attached hydrogen (secondary N) is 1. The van der Waals surface area contributed by atoms with E-state index < -0.39 is 6.04 Å². The summed E-state index contributed by atoms with van der Waals surface area (Å²) >= 11 is 0. The Morgan fingerprint density at radius 1 is 0.875 bits per heavy atom. The molecule has 0 bridgehead atoms. The van der Waals surface area contributed by atoms with Gasteiger partial charge in [-0.1, -0.05) is 42.5 Å². The summed E-state index contributed by atoms with van der Waals surface area (Å²) in [6.45, 7) is 3.24. The maximum absolute atomic E-state index is 13.0. The van der Waals surface area contributed by atoms with Crippen LogP contribution in [-0.4, -0.2) is 56.0 Å². The van der Waals surface area contributed by atoms with Gasteiger partial charge in [0.15, 0.2) is 0 Å². The number of aromatic nitrogens is 2. The van der Waals surface area contributed by atoms with Crippen molar-refractivity contribution in [1.82, 2.24) is 24.5 Å². The van der Waals surface area contributed by atoms with Crippen molar-refractivity contribution in [3.8, 4) is 11.1 Å². The number of pyridine rings is 1. The second-order valence-corrected chi connectivity index (χ2v) is 11.1. The third kappa shape index (κ3) is 4.58. The Morgan fingerprint density at radius 3 is 2.50 bits per heavy atom. The van der Waals surface area contributed by atoms with Crippen molar-refractivity contribution in [2.24, 2.45) is 0 Å². The van der Waals surface area contributed by atoms with Gasteiger partial charge in [-0.2, -0.15) is 0 Å². The van der Waals surface area contributed by atoms with Crippen LogP contribution in [-0.2, 0) is 22.7 Å². The average molecular weight is 534 g/mol. The molecule has 0 radical (unpaired) electrons. The van der Waals surface area contributed by atoms with E-state index in [2.05, 4.69) is 75.5 Å². The van der Waals surface area contributed by atoms with Crippen molar-refractivity contribution in [1.29, 1.82) is 0 Å². The van der Waals surface area contributed by atoms with Gasteiger partial charge >= 0.3 is 0 Å². The average Bonchev–Trinajstić information content (AvgIpc) is 3.53. The zero-order valence-electron chi connectivity index (χ0n) is 22.3. The van der Waals surface area contributed by atoms with Crippen LogP contribution >= 0.6 is 0 Å². The van der Waals surface area contributed by atoms with Crippen LogP contribution < -0.4 is 5.32 Å². The maximum Gasteiger partial charge on any atom is 0.255 e. The monoisotopic (exact) mass is 533 g/mol. The van der Waals surface area contributed by atoms with Gasteiger partial charge in [0.1, 0.15) is 11.7 Å². The first kappa shape index (κ1) is 24.7. The zero-order valence-corrected chi connectivity index (χ0v) is 22.3. The number of benzene rings is 2. The van der Waals surface area contributed by atoms with Crippen LogP contribution in [0.1, 0.15) is 58.8 Å². The number of amides is 3. The quantitative estimate of drug-likeness (QED) is 0.390. The molecule has 8 heteroatoms. The first-order chi connectivity index (χ1) is 19.5. The largest absolute Gasteiger partial charge is 0.322 e. The number of likely N-dealkylation sites (tertiary alicyclic amines) is 1. The molecule has 8 nitrogen and oxygen atoms in total. The van der Waals surface area contributed by atoms with E-state index in [9.17, 15) is 14.4 Å². The molecule has 2 saturated heterocycles. The highest BCUT2D eigenvalue weighted by atomic mass is 16.2. The minimum atomic E-state index is -0.575. The third-order valence-electron chi connectivity index (χ3n) is 8.60. The first-order valence-electron chi connectivity index (χ1n) is 14.0. The van der Waals surface area contributed by atoms with Crippen molar-refractivity contribution >= 4 is 23.4 Å². The van der Waals surface area contributed by atoms with Gasteiger partial charge in [-0.15, -0.1) is 0 Å². The summed E-state index contributed by atoms with van der Waals surface area (Å²) in [5.41, 5.74) is 7.33. The summed E-state index contributed by atoms with van der Waals surface area (Å²) in [7, 11) is 0. The number of hydrogen-bond donors (Lipinski definition) is 1. The van der Waals surface area contributed by atoms with Gasteiger partial charge in [0.2, 0.25) is 11.8 Å². The van der Waals surface area contributed by atoms with Crippen LogP contribution in [0.2, 0.25) is 0 Å². The normalized spacial score (nSPS) is 20.2. The Bertz CT molecular complexity index is 1620. The number of nitrogens with zero attached hydrogens (tertiary/aromatic N) is 4. The number of fused-ring (bicyclic) bond motifs is 2. The molecule has 2 aromatic carbocycles. The number of carbonyl (C=O) groups excluding carboxylic acids is 3. The minimum absolute atomic E-state index is 0.116. The SMILES string of the molecule is O=C1CCC(N2Cc3cc(C4CCN(Cc5cn6cc(-c7ccccc7)ccc6n5)CC4)ccc3C2=O)C(=O)N1. The zero-order chi connectivity index (χ0) is 27.2. The van der Waals surface area contributed by atoms with Crippen LogP contribution in [0, 0.1) is 0 Å². The van der Waals surface area contributed by atoms with Crippen molar-refractivity contribution in [3.05, 3.63) is 95.4 Å². The molecule has 1 N–H and O–H groups in total. The fraction of sp³-hybridized carbons (Fsp3) is 0.312. The molecule has 0 saturated carbocycles. The van der Waals surface area contributed by atoms with E-state index in [1.807, 2.05) is 12.1 Å². The molecule has 3 aliphatic rings. The standard InChI is InChI=1S/C32H31N5O3/c38-30-11-9-28(31(39)34-30)37-18-25-16-23(6-8-27(25)32(37)40)22-12-14-35(15-13-22)19-26-20-36-17-24(7-10-29(36)33-26)21-4-2-1-3-5-21/h1-8,10,16-17,20,22,28H,9,11-15,18-19H2,(H,34,38,39). The molecule has 1 atom stereocenters. The van der Waals surface area contributed by atoms with Gasteiger partial charge in [-0.25, -0.2) is 4.98 Å². The molecule has 0 spiro atoms. The van der Waals surface area contributed by atoms with Crippen LogP contribution in [0.15, 0.2) is 73.1 Å². The molecule has 3 aliphatic heterocycles. The van der Waals surface area contributed by atoms with Crippen molar-refractivity contribution < 1.29 is 14.4 Å². The van der Waals surface area contributed by atoms with Crippen molar-refractivity contribution in [2.75, 3.05) is 13.1 Å². The number of rotatable bonds is 5. The van der Waals surface area contributed by atoms with Gasteiger partial charge in [0.05, 0.1) is 5.69 Å². The summed E-state index contributed by atoms with van der Waals surface area (Å²) in [5.74, 6) is -0.310. The molecule has 5 heterocycles. The fourth-order valence-electron chi connectivity index (χ4n) is 6.42. The third-order valence-corrected chi connectivity index (χ3v) is 8.60. The summed E-state index contributed by atoms with van der Waals surface area (Å²) in [5, 5.41) is 2.37. The van der Waals surface area contributed by atoms with Crippen molar-refractivity contribution in [3.63, 3.8) is 0 Å². The Balaban J connectivity index is 0.987. The predicted octanol–water partition coefficient (Wildman–Crippen LogP) is 4.14. The first-order valence-corrected chi connectivity index (χ1v) is 14.0. The van der Waals surface area contributed by atoms with Gasteiger partial charge in [-0.3, -0.25) is 24.6 Å². The van der Waals surface area contributed by atoms with Crippen LogP contribution in [0.25, 0.3) is 16.8 Å². The summed E-state index contributed by atoms with van der Waals surface area (Å²) in [4.78, 5) is 45.9. The lowest BCUT2D eigenvalue weighted by molar-refractivity contribution is -0.136. The number of piperidine rings is 2. The van der Waals surface area contributed by atoms with E-state index in [1.165, 1.54) is 16.7 Å². The van der Waals surface area contributed by atoms with Gasteiger partial charge in [0.25, 0.3) is 5.91 Å². The van der Waals surface area contributed by atoms with Gasteiger partial charge < -0.3 is 9.30 Å². The van der Waals surface area contributed by atoms with Crippen molar-refractivity contribution in [2.45, 2.75) is 50.7 Å². The lowest BCUT2D eigenvalue weighted by Crippen LogP contribution is -2.52. The summed E-state index contributed by atoms with van der Waals surface area (Å²) in [6.07, 6.45) is 7.04. The lowest BCUT2D eigenvalue weighted by Gasteiger charge is -2.31. The molecule has 4 aromatic rings. The predicted molar refractivity (Wildman–Crippen MR) is 150 cm³/mol.